The summed E-state index contributed by atoms with van der Waals surface area (Å²) in [5.41, 5.74) is 0. The summed E-state index contributed by atoms with van der Waals surface area (Å²) >= 11 is 0. The highest BCUT2D eigenvalue weighted by Gasteiger charge is 2.37. The molecule has 1 saturated carbocycles. The van der Waals surface area contributed by atoms with E-state index in [1.807, 2.05) is 0 Å². The number of methoxy groups -OCH3 is 1. The van der Waals surface area contributed by atoms with Crippen molar-refractivity contribution in [1.82, 2.24) is 14.8 Å². The van der Waals surface area contributed by atoms with Crippen LogP contribution in [0.25, 0.3) is 0 Å². The molecular weight excluding hydrogens is 254 g/mol. The maximum atomic E-state index is 12.3. The molecule has 0 saturated heterocycles. The van der Waals surface area contributed by atoms with Crippen molar-refractivity contribution in [2.24, 2.45) is 5.92 Å². The van der Waals surface area contributed by atoms with Crippen LogP contribution in [0.3, 0.4) is 0 Å². The minimum atomic E-state index is -0.221. The summed E-state index contributed by atoms with van der Waals surface area (Å²) in [7, 11) is 1.48. The molecule has 5 heteroatoms. The molecule has 1 atom stereocenters. The fourth-order valence-electron chi connectivity index (χ4n) is 3.66. The van der Waals surface area contributed by atoms with Gasteiger partial charge in [-0.15, -0.1) is 10.2 Å². The van der Waals surface area contributed by atoms with E-state index in [0.717, 1.165) is 43.9 Å². The molecular formula is C15H23N3O2. The van der Waals surface area contributed by atoms with Crippen molar-refractivity contribution >= 4 is 5.97 Å². The average molecular weight is 277 g/mol. The Kier molecular flexibility index (Phi) is 4.03. The molecule has 0 radical (unpaired) electrons. The quantitative estimate of drug-likeness (QED) is 0.796. The zero-order valence-corrected chi connectivity index (χ0v) is 12.2. The van der Waals surface area contributed by atoms with E-state index >= 15 is 0 Å². The molecule has 2 heterocycles. The highest BCUT2D eigenvalue weighted by molar-refractivity contribution is 5.77. The SMILES string of the molecule is COC(=O)C(c1nnc2n1CCCCC2)C1CCCC1. The summed E-state index contributed by atoms with van der Waals surface area (Å²) in [4.78, 5) is 12.3. The van der Waals surface area contributed by atoms with Crippen molar-refractivity contribution in [1.29, 1.82) is 0 Å². The number of aromatic nitrogens is 3. The van der Waals surface area contributed by atoms with Gasteiger partial charge in [-0.05, 0) is 31.6 Å². The van der Waals surface area contributed by atoms with Gasteiger partial charge in [0.2, 0.25) is 0 Å². The van der Waals surface area contributed by atoms with E-state index in [1.54, 1.807) is 0 Å². The van der Waals surface area contributed by atoms with E-state index in [9.17, 15) is 4.79 Å². The zero-order valence-electron chi connectivity index (χ0n) is 12.2. The number of ether oxygens (including phenoxy) is 1. The number of aryl methyl sites for hydroxylation is 1. The topological polar surface area (TPSA) is 57.0 Å². The lowest BCUT2D eigenvalue weighted by Gasteiger charge is -2.21. The first-order chi connectivity index (χ1) is 9.81. The maximum Gasteiger partial charge on any atom is 0.316 e. The largest absolute Gasteiger partial charge is 0.468 e. The molecule has 3 rings (SSSR count). The summed E-state index contributed by atoms with van der Waals surface area (Å²) in [5, 5.41) is 8.70. The van der Waals surface area contributed by atoms with E-state index in [4.69, 9.17) is 4.74 Å². The lowest BCUT2D eigenvalue weighted by molar-refractivity contribution is -0.144. The predicted octanol–water partition coefficient (Wildman–Crippen LogP) is 2.45. The Morgan fingerprint density at radius 3 is 2.75 bits per heavy atom. The van der Waals surface area contributed by atoms with Crippen LogP contribution in [0.1, 0.15) is 62.5 Å². The highest BCUT2D eigenvalue weighted by atomic mass is 16.5. The number of hydrogen-bond acceptors (Lipinski definition) is 4. The first-order valence-corrected chi connectivity index (χ1v) is 7.81. The molecule has 0 N–H and O–H groups in total. The van der Waals surface area contributed by atoms with Crippen LogP contribution in [-0.4, -0.2) is 27.8 Å². The van der Waals surface area contributed by atoms with Gasteiger partial charge < -0.3 is 9.30 Å². The van der Waals surface area contributed by atoms with Crippen molar-refractivity contribution in [3.05, 3.63) is 11.6 Å². The first-order valence-electron chi connectivity index (χ1n) is 7.81. The Morgan fingerprint density at radius 2 is 2.00 bits per heavy atom. The van der Waals surface area contributed by atoms with Crippen molar-refractivity contribution in [2.45, 2.75) is 63.8 Å². The maximum absolute atomic E-state index is 12.3. The number of hydrogen-bond donors (Lipinski definition) is 0. The van der Waals surface area contributed by atoms with Gasteiger partial charge in [0, 0.05) is 13.0 Å². The van der Waals surface area contributed by atoms with Crippen LogP contribution in [0.5, 0.6) is 0 Å². The zero-order chi connectivity index (χ0) is 13.9. The molecule has 0 aromatic carbocycles. The van der Waals surface area contributed by atoms with Gasteiger partial charge in [-0.2, -0.15) is 0 Å². The molecule has 0 bridgehead atoms. The second-order valence-electron chi connectivity index (χ2n) is 5.98. The summed E-state index contributed by atoms with van der Waals surface area (Å²) in [6.07, 6.45) is 9.14. The minimum Gasteiger partial charge on any atom is -0.468 e. The molecule has 20 heavy (non-hydrogen) atoms. The Hall–Kier alpha value is -1.39. The number of carbonyl (C=O) groups excluding carboxylic acids is 1. The van der Waals surface area contributed by atoms with Gasteiger partial charge in [0.15, 0.2) is 0 Å². The van der Waals surface area contributed by atoms with Gasteiger partial charge in [-0.3, -0.25) is 4.79 Å². The van der Waals surface area contributed by atoms with Crippen LogP contribution < -0.4 is 0 Å². The highest BCUT2D eigenvalue weighted by Crippen LogP contribution is 2.38. The molecule has 110 valence electrons. The Labute approximate surface area is 119 Å². The van der Waals surface area contributed by atoms with Gasteiger partial charge >= 0.3 is 5.97 Å². The Balaban J connectivity index is 1.94. The van der Waals surface area contributed by atoms with E-state index in [2.05, 4.69) is 14.8 Å². The van der Waals surface area contributed by atoms with Crippen molar-refractivity contribution in [3.8, 4) is 0 Å². The molecule has 1 unspecified atom stereocenters. The van der Waals surface area contributed by atoms with Crippen LogP contribution in [0.4, 0.5) is 0 Å². The lowest BCUT2D eigenvalue weighted by atomic mass is 9.90. The smallest absolute Gasteiger partial charge is 0.316 e. The van der Waals surface area contributed by atoms with E-state index in [-0.39, 0.29) is 11.9 Å². The minimum absolute atomic E-state index is 0.142. The number of carbonyl (C=O) groups is 1. The first kappa shape index (κ1) is 13.6. The second kappa shape index (κ2) is 5.94. The molecule has 0 spiro atoms. The summed E-state index contributed by atoms with van der Waals surface area (Å²) in [5.74, 6) is 1.90. The van der Waals surface area contributed by atoms with Crippen LogP contribution in [0, 0.1) is 5.92 Å². The van der Waals surface area contributed by atoms with Crippen LogP contribution in [0.2, 0.25) is 0 Å². The normalized spacial score (nSPS) is 21.2. The summed E-state index contributed by atoms with van der Waals surface area (Å²) in [6.45, 7) is 0.942. The van der Waals surface area contributed by atoms with Crippen molar-refractivity contribution < 1.29 is 9.53 Å². The second-order valence-corrected chi connectivity index (χ2v) is 5.98. The molecule has 5 nitrogen and oxygen atoms in total. The van der Waals surface area contributed by atoms with Gasteiger partial charge in [0.1, 0.15) is 17.6 Å². The average Bonchev–Trinajstić information content (AvgIpc) is 3.06. The standard InChI is InChI=1S/C15H23N3O2/c1-20-15(19)13(11-7-4-5-8-11)14-17-16-12-9-3-2-6-10-18(12)14/h11,13H,2-10H2,1H3. The molecule has 1 aromatic rings. The number of fused-ring (bicyclic) bond motifs is 1. The van der Waals surface area contributed by atoms with E-state index in [1.165, 1.54) is 32.8 Å². The third-order valence-electron chi connectivity index (χ3n) is 4.74. The van der Waals surface area contributed by atoms with Crippen LogP contribution in [-0.2, 0) is 22.5 Å². The molecule has 1 fully saturated rings. The molecule has 0 amide bonds. The van der Waals surface area contributed by atoms with Gasteiger partial charge in [0.05, 0.1) is 7.11 Å². The third-order valence-corrected chi connectivity index (χ3v) is 4.74. The summed E-state index contributed by atoms with van der Waals surface area (Å²) in [6, 6.07) is 0. The van der Waals surface area contributed by atoms with Gasteiger partial charge in [0.25, 0.3) is 0 Å². The molecule has 1 aliphatic heterocycles. The van der Waals surface area contributed by atoms with E-state index in [0.29, 0.717) is 5.92 Å². The fraction of sp³-hybridized carbons (Fsp3) is 0.800. The number of nitrogens with zero attached hydrogens (tertiary/aromatic N) is 3. The van der Waals surface area contributed by atoms with Crippen molar-refractivity contribution in [3.63, 3.8) is 0 Å². The Bertz CT molecular complexity index is 477. The summed E-state index contributed by atoms with van der Waals surface area (Å²) < 4.78 is 7.24. The molecule has 2 aliphatic rings. The van der Waals surface area contributed by atoms with Gasteiger partial charge in [-0.1, -0.05) is 19.3 Å². The number of rotatable bonds is 3. The third kappa shape index (κ3) is 2.45. The van der Waals surface area contributed by atoms with Gasteiger partial charge in [-0.25, -0.2) is 0 Å². The lowest BCUT2D eigenvalue weighted by Crippen LogP contribution is -2.25. The monoisotopic (exact) mass is 277 g/mol. The predicted molar refractivity (Wildman–Crippen MR) is 74.3 cm³/mol. The molecule has 1 aromatic heterocycles. The van der Waals surface area contributed by atoms with Crippen LogP contribution >= 0.6 is 0 Å². The molecule has 1 aliphatic carbocycles. The Morgan fingerprint density at radius 1 is 1.20 bits per heavy atom. The fourth-order valence-corrected chi connectivity index (χ4v) is 3.66. The number of esters is 1. The van der Waals surface area contributed by atoms with Crippen molar-refractivity contribution in [2.75, 3.05) is 7.11 Å². The van der Waals surface area contributed by atoms with Crippen LogP contribution in [0.15, 0.2) is 0 Å². The van der Waals surface area contributed by atoms with E-state index < -0.39 is 0 Å².